The van der Waals surface area contributed by atoms with E-state index in [-0.39, 0.29) is 5.91 Å². The average Bonchev–Trinajstić information content (AvgIpc) is 3.06. The first-order chi connectivity index (χ1) is 13.5. The van der Waals surface area contributed by atoms with Crippen LogP contribution in [0.5, 0.6) is 0 Å². The number of aryl methyl sites for hydroxylation is 1. The smallest absolute Gasteiger partial charge is 0.255 e. The zero-order valence-electron chi connectivity index (χ0n) is 15.0. The maximum Gasteiger partial charge on any atom is 0.255 e. The van der Waals surface area contributed by atoms with Crippen LogP contribution in [0.15, 0.2) is 59.7 Å². The molecule has 0 saturated heterocycles. The number of carbonyl (C=O) groups excluding carboxylic acids is 1. The molecule has 1 aromatic heterocycles. The predicted octanol–water partition coefficient (Wildman–Crippen LogP) is 5.65. The molecule has 5 nitrogen and oxygen atoms in total. The average molecular weight is 411 g/mol. The number of hydrogen-bond acceptors (Lipinski definition) is 3. The summed E-state index contributed by atoms with van der Waals surface area (Å²) >= 11 is 12.1. The lowest BCUT2D eigenvalue weighted by molar-refractivity contribution is 0.102. The van der Waals surface area contributed by atoms with Gasteiger partial charge in [-0.1, -0.05) is 29.3 Å². The van der Waals surface area contributed by atoms with Crippen LogP contribution in [-0.2, 0) is 6.42 Å². The van der Waals surface area contributed by atoms with Gasteiger partial charge in [-0.2, -0.15) is 0 Å². The molecule has 1 aliphatic heterocycles. The number of aromatic nitrogens is 1. The summed E-state index contributed by atoms with van der Waals surface area (Å²) in [5.41, 5.74) is 4.74. The normalized spacial score (nSPS) is 13.9. The molecule has 2 aromatic carbocycles. The van der Waals surface area contributed by atoms with Gasteiger partial charge in [0.1, 0.15) is 11.5 Å². The van der Waals surface area contributed by atoms with E-state index in [0.29, 0.717) is 33.5 Å². The van der Waals surface area contributed by atoms with Crippen molar-refractivity contribution in [2.45, 2.75) is 13.3 Å². The molecule has 0 aliphatic carbocycles. The Balaban J connectivity index is 1.54. The van der Waals surface area contributed by atoms with Crippen molar-refractivity contribution < 1.29 is 4.79 Å². The van der Waals surface area contributed by atoms with E-state index in [0.717, 1.165) is 22.6 Å². The molecule has 0 atom stereocenters. The molecule has 0 saturated carbocycles. The minimum absolute atomic E-state index is 0.193. The van der Waals surface area contributed by atoms with E-state index < -0.39 is 0 Å². The van der Waals surface area contributed by atoms with Gasteiger partial charge in [-0.25, -0.2) is 9.98 Å². The van der Waals surface area contributed by atoms with E-state index >= 15 is 0 Å². The number of amidine groups is 1. The molecule has 28 heavy (non-hydrogen) atoms. The van der Waals surface area contributed by atoms with E-state index in [1.165, 1.54) is 0 Å². The van der Waals surface area contributed by atoms with E-state index in [1.807, 2.05) is 25.1 Å². The number of carbonyl (C=O) groups is 1. The lowest BCUT2D eigenvalue weighted by atomic mass is 10.1. The molecule has 0 spiro atoms. The maximum absolute atomic E-state index is 12.6. The Kier molecular flexibility index (Phi) is 5.03. The molecular weight excluding hydrogens is 395 g/mol. The highest BCUT2D eigenvalue weighted by Crippen LogP contribution is 2.30. The fraction of sp³-hybridized carbons (Fsp3) is 0.0952. The number of fused-ring (bicyclic) bond motifs is 1. The minimum atomic E-state index is -0.193. The number of nitrogens with zero attached hydrogens (tertiary/aromatic N) is 2. The summed E-state index contributed by atoms with van der Waals surface area (Å²) in [6.07, 6.45) is 2.24. The lowest BCUT2D eigenvalue weighted by Gasteiger charge is -2.07. The summed E-state index contributed by atoms with van der Waals surface area (Å²) in [4.78, 5) is 21.3. The van der Waals surface area contributed by atoms with Gasteiger partial charge >= 0.3 is 0 Å². The van der Waals surface area contributed by atoms with Crippen molar-refractivity contribution in [1.82, 2.24) is 4.98 Å². The van der Waals surface area contributed by atoms with Crippen LogP contribution in [0.25, 0.3) is 0 Å². The summed E-state index contributed by atoms with van der Waals surface area (Å²) in [5.74, 6) is 0.571. The first-order valence-corrected chi connectivity index (χ1v) is 9.41. The Morgan fingerprint density at radius 3 is 2.82 bits per heavy atom. The number of amides is 1. The van der Waals surface area contributed by atoms with Gasteiger partial charge in [0, 0.05) is 34.6 Å². The second-order valence-corrected chi connectivity index (χ2v) is 7.26. The van der Waals surface area contributed by atoms with Crippen LogP contribution in [0.1, 0.15) is 21.5 Å². The monoisotopic (exact) mass is 410 g/mol. The fourth-order valence-electron chi connectivity index (χ4n) is 3.01. The summed E-state index contributed by atoms with van der Waals surface area (Å²) in [6, 6.07) is 14.4. The third kappa shape index (κ3) is 3.86. The number of anilines is 2. The lowest BCUT2D eigenvalue weighted by Crippen LogP contribution is -2.12. The number of nitrogens with one attached hydrogen (secondary N) is 2. The third-order valence-electron chi connectivity index (χ3n) is 4.41. The Hall–Kier alpha value is -2.89. The molecule has 2 N–H and O–H groups in total. The largest absolute Gasteiger partial charge is 0.343 e. The highest BCUT2D eigenvalue weighted by Gasteiger charge is 2.19. The van der Waals surface area contributed by atoms with Gasteiger partial charge in [-0.05, 0) is 60.5 Å². The van der Waals surface area contributed by atoms with Gasteiger partial charge in [-0.3, -0.25) is 4.79 Å². The van der Waals surface area contributed by atoms with Crippen LogP contribution >= 0.6 is 23.2 Å². The predicted molar refractivity (Wildman–Crippen MR) is 114 cm³/mol. The van der Waals surface area contributed by atoms with Crippen molar-refractivity contribution >= 4 is 52.0 Å². The van der Waals surface area contributed by atoms with Crippen molar-refractivity contribution in [2.75, 3.05) is 10.6 Å². The molecule has 0 radical (unpaired) electrons. The van der Waals surface area contributed by atoms with Crippen molar-refractivity contribution in [3.8, 4) is 0 Å². The van der Waals surface area contributed by atoms with Gasteiger partial charge in [0.15, 0.2) is 5.15 Å². The molecule has 7 heteroatoms. The summed E-state index contributed by atoms with van der Waals surface area (Å²) in [7, 11) is 0. The Morgan fingerprint density at radius 2 is 2.04 bits per heavy atom. The fourth-order valence-corrected chi connectivity index (χ4v) is 3.44. The molecule has 1 aliphatic rings. The number of benzene rings is 2. The van der Waals surface area contributed by atoms with E-state index in [1.54, 1.807) is 36.5 Å². The zero-order valence-corrected chi connectivity index (χ0v) is 16.5. The SMILES string of the molecule is Cc1ccnc(Cl)c1N=C1Cc2cc(C(=O)Nc3cccc(Cl)c3)ccc2N1. The standard InChI is InChI=1S/C21H16Cl2N4O/c1-12-7-8-24-20(23)19(12)27-18-10-14-9-13(5-6-17(14)26-18)21(28)25-16-4-2-3-15(22)11-16/h2-9,11H,10H2,1H3,(H,25,28)(H,26,27). The quantitative estimate of drug-likeness (QED) is 0.548. The Morgan fingerprint density at radius 1 is 1.18 bits per heavy atom. The molecule has 2 heterocycles. The van der Waals surface area contributed by atoms with Gasteiger partial charge in [0.2, 0.25) is 0 Å². The Labute approximate surface area is 172 Å². The zero-order chi connectivity index (χ0) is 19.7. The van der Waals surface area contributed by atoms with Crippen molar-refractivity contribution in [2.24, 2.45) is 4.99 Å². The molecule has 0 unspecified atom stereocenters. The van der Waals surface area contributed by atoms with Gasteiger partial charge in [-0.15, -0.1) is 0 Å². The topological polar surface area (TPSA) is 66.4 Å². The molecule has 4 rings (SSSR count). The highest BCUT2D eigenvalue weighted by molar-refractivity contribution is 6.32. The first-order valence-electron chi connectivity index (χ1n) is 8.65. The van der Waals surface area contributed by atoms with E-state index in [9.17, 15) is 4.79 Å². The number of hydrogen-bond donors (Lipinski definition) is 2. The number of aliphatic imine (C=N–C) groups is 1. The van der Waals surface area contributed by atoms with Gasteiger partial charge < -0.3 is 10.6 Å². The molecule has 0 fully saturated rings. The van der Waals surface area contributed by atoms with Gasteiger partial charge in [0.25, 0.3) is 5.91 Å². The van der Waals surface area contributed by atoms with Crippen LogP contribution in [0.3, 0.4) is 0 Å². The minimum Gasteiger partial charge on any atom is -0.343 e. The molecular formula is C21H16Cl2N4O. The summed E-state index contributed by atoms with van der Waals surface area (Å²) < 4.78 is 0. The number of pyridine rings is 1. The Bertz CT molecular complexity index is 1090. The third-order valence-corrected chi connectivity index (χ3v) is 4.93. The van der Waals surface area contributed by atoms with Gasteiger partial charge in [0.05, 0.1) is 0 Å². The molecule has 0 bridgehead atoms. The molecule has 1 amide bonds. The van der Waals surface area contributed by atoms with Crippen molar-refractivity contribution in [1.29, 1.82) is 0 Å². The van der Waals surface area contributed by atoms with E-state index in [2.05, 4.69) is 20.6 Å². The summed E-state index contributed by atoms with van der Waals surface area (Å²) in [6.45, 7) is 1.94. The second kappa shape index (κ2) is 7.62. The number of rotatable bonds is 3. The number of halogens is 2. The molecule has 140 valence electrons. The van der Waals surface area contributed by atoms with E-state index in [4.69, 9.17) is 23.2 Å². The van der Waals surface area contributed by atoms with Crippen molar-refractivity contribution in [3.63, 3.8) is 0 Å². The van der Waals surface area contributed by atoms with Crippen LogP contribution in [0.2, 0.25) is 10.2 Å². The first kappa shape index (κ1) is 18.5. The van der Waals surface area contributed by atoms with Crippen LogP contribution in [-0.4, -0.2) is 16.7 Å². The van der Waals surface area contributed by atoms with Crippen LogP contribution in [0.4, 0.5) is 17.1 Å². The maximum atomic E-state index is 12.6. The highest BCUT2D eigenvalue weighted by atomic mass is 35.5. The van der Waals surface area contributed by atoms with Crippen LogP contribution < -0.4 is 10.6 Å². The summed E-state index contributed by atoms with van der Waals surface area (Å²) in [5, 5.41) is 7.07. The second-order valence-electron chi connectivity index (χ2n) is 6.46. The molecule has 3 aromatic rings. The van der Waals surface area contributed by atoms with Crippen molar-refractivity contribution in [3.05, 3.63) is 81.6 Å². The van der Waals surface area contributed by atoms with Crippen LogP contribution in [0, 0.1) is 6.92 Å².